The molecule has 0 fully saturated rings. The van der Waals surface area contributed by atoms with Crippen LogP contribution < -0.4 is 4.74 Å². The lowest BCUT2D eigenvalue weighted by molar-refractivity contribution is -0.385. The number of carboxylic acids is 1. The van der Waals surface area contributed by atoms with Crippen LogP contribution in [0.15, 0.2) is 12.1 Å². The Morgan fingerprint density at radius 3 is 2.61 bits per heavy atom. The van der Waals surface area contributed by atoms with Crippen LogP contribution in [-0.4, -0.2) is 41.4 Å². The Bertz CT molecular complexity index is 472. The lowest BCUT2D eigenvalue weighted by Gasteiger charge is -2.08. The summed E-state index contributed by atoms with van der Waals surface area (Å²) in [4.78, 5) is 20.6. The molecule has 0 bridgehead atoms. The summed E-state index contributed by atoms with van der Waals surface area (Å²) >= 11 is 0. The average molecular weight is 257 g/mol. The minimum Gasteiger partial charge on any atom is -0.504 e. The summed E-state index contributed by atoms with van der Waals surface area (Å²) < 4.78 is 9.74. The SMILES string of the molecule is COCCOc1cc([N+](=O)[O-])c(C(=O)O)cc1O. The molecule has 0 unspecified atom stereocenters. The second-order valence-corrected chi connectivity index (χ2v) is 3.24. The molecule has 0 heterocycles. The monoisotopic (exact) mass is 257 g/mol. The van der Waals surface area contributed by atoms with E-state index in [0.29, 0.717) is 0 Å². The molecule has 0 aliphatic heterocycles. The van der Waals surface area contributed by atoms with E-state index in [-0.39, 0.29) is 19.0 Å². The van der Waals surface area contributed by atoms with Crippen molar-refractivity contribution in [3.8, 4) is 11.5 Å². The largest absolute Gasteiger partial charge is 0.504 e. The van der Waals surface area contributed by atoms with Gasteiger partial charge in [0.1, 0.15) is 12.2 Å². The number of carboxylic acid groups (broad SMARTS) is 1. The average Bonchev–Trinajstić information content (AvgIpc) is 2.30. The molecule has 0 aliphatic carbocycles. The maximum atomic E-state index is 10.8. The minimum atomic E-state index is -1.50. The van der Waals surface area contributed by atoms with Crippen LogP contribution in [0.1, 0.15) is 10.4 Å². The number of nitro groups is 1. The summed E-state index contributed by atoms with van der Waals surface area (Å²) in [5, 5.41) is 29.0. The van der Waals surface area contributed by atoms with Crippen molar-refractivity contribution in [2.45, 2.75) is 0 Å². The summed E-state index contributed by atoms with van der Waals surface area (Å²) in [5.41, 5.74) is -1.25. The molecule has 18 heavy (non-hydrogen) atoms. The first-order valence-electron chi connectivity index (χ1n) is 4.83. The molecule has 0 saturated heterocycles. The van der Waals surface area contributed by atoms with Gasteiger partial charge in [0.05, 0.1) is 17.6 Å². The Kier molecular flexibility index (Phi) is 4.44. The fourth-order valence-corrected chi connectivity index (χ4v) is 1.23. The number of benzene rings is 1. The Morgan fingerprint density at radius 1 is 1.44 bits per heavy atom. The first-order valence-corrected chi connectivity index (χ1v) is 4.83. The zero-order chi connectivity index (χ0) is 13.7. The number of ether oxygens (including phenoxy) is 2. The normalized spacial score (nSPS) is 10.1. The Labute approximate surface area is 102 Å². The molecule has 1 aromatic carbocycles. The highest BCUT2D eigenvalue weighted by atomic mass is 16.6. The molecule has 0 amide bonds. The number of aromatic hydroxyl groups is 1. The van der Waals surface area contributed by atoms with Crippen LogP contribution in [0, 0.1) is 10.1 Å². The molecular formula is C10H11NO7. The second kappa shape index (κ2) is 5.82. The number of rotatable bonds is 6. The van der Waals surface area contributed by atoms with Gasteiger partial charge in [0.15, 0.2) is 11.5 Å². The molecule has 8 heteroatoms. The van der Waals surface area contributed by atoms with Crippen molar-refractivity contribution in [3.05, 3.63) is 27.8 Å². The molecule has 2 N–H and O–H groups in total. The third kappa shape index (κ3) is 3.08. The van der Waals surface area contributed by atoms with Gasteiger partial charge in [-0.15, -0.1) is 0 Å². The minimum absolute atomic E-state index is 0.0770. The van der Waals surface area contributed by atoms with Gasteiger partial charge in [-0.3, -0.25) is 10.1 Å². The maximum absolute atomic E-state index is 10.8. The molecule has 0 aliphatic rings. The number of aromatic carboxylic acids is 1. The number of hydrogen-bond acceptors (Lipinski definition) is 6. The summed E-state index contributed by atoms with van der Waals surface area (Å²) in [5.74, 6) is -2.14. The van der Waals surface area contributed by atoms with Crippen LogP contribution in [0.25, 0.3) is 0 Å². The number of nitro benzene ring substituents is 1. The van der Waals surface area contributed by atoms with Crippen LogP contribution in [0.5, 0.6) is 11.5 Å². The standard InChI is InChI=1S/C10H11NO7/c1-17-2-3-18-9-5-7(11(15)16)6(10(13)14)4-8(9)12/h4-5,12H,2-3H2,1H3,(H,13,14). The van der Waals surface area contributed by atoms with Gasteiger partial charge < -0.3 is 19.7 Å². The van der Waals surface area contributed by atoms with Crippen molar-refractivity contribution in [2.75, 3.05) is 20.3 Å². The van der Waals surface area contributed by atoms with Crippen LogP contribution >= 0.6 is 0 Å². The molecule has 0 aromatic heterocycles. The van der Waals surface area contributed by atoms with E-state index in [1.54, 1.807) is 0 Å². The molecule has 98 valence electrons. The van der Waals surface area contributed by atoms with E-state index < -0.39 is 27.9 Å². The van der Waals surface area contributed by atoms with Gasteiger partial charge >= 0.3 is 5.97 Å². The molecular weight excluding hydrogens is 246 g/mol. The quantitative estimate of drug-likeness (QED) is 0.443. The number of methoxy groups -OCH3 is 1. The van der Waals surface area contributed by atoms with Gasteiger partial charge in [-0.2, -0.15) is 0 Å². The summed E-state index contributed by atoms with van der Waals surface area (Å²) in [7, 11) is 1.44. The van der Waals surface area contributed by atoms with Gasteiger partial charge in [0.25, 0.3) is 5.69 Å². The van der Waals surface area contributed by atoms with E-state index in [1.165, 1.54) is 7.11 Å². The van der Waals surface area contributed by atoms with Gasteiger partial charge in [-0.05, 0) is 0 Å². The molecule has 1 rings (SSSR count). The number of carbonyl (C=O) groups is 1. The van der Waals surface area contributed by atoms with Crippen LogP contribution in [0.4, 0.5) is 5.69 Å². The van der Waals surface area contributed by atoms with Crippen molar-refractivity contribution in [3.63, 3.8) is 0 Å². The third-order valence-electron chi connectivity index (χ3n) is 2.05. The van der Waals surface area contributed by atoms with Gasteiger partial charge in [0.2, 0.25) is 0 Å². The van der Waals surface area contributed by atoms with Gasteiger partial charge in [-0.1, -0.05) is 0 Å². The first-order chi connectivity index (χ1) is 8.47. The number of phenolic OH excluding ortho intramolecular Hbond substituents is 1. The van der Waals surface area contributed by atoms with Crippen LogP contribution in [-0.2, 0) is 4.74 Å². The summed E-state index contributed by atoms with van der Waals surface area (Å²) in [6, 6.07) is 1.65. The highest BCUT2D eigenvalue weighted by molar-refractivity contribution is 5.93. The molecule has 0 atom stereocenters. The van der Waals surface area contributed by atoms with E-state index >= 15 is 0 Å². The van der Waals surface area contributed by atoms with E-state index in [1.807, 2.05) is 0 Å². The van der Waals surface area contributed by atoms with Crippen molar-refractivity contribution in [2.24, 2.45) is 0 Å². The number of nitrogens with zero attached hydrogens (tertiary/aromatic N) is 1. The molecule has 0 saturated carbocycles. The topological polar surface area (TPSA) is 119 Å². The van der Waals surface area contributed by atoms with Crippen molar-refractivity contribution < 1.29 is 29.4 Å². The number of hydrogen-bond donors (Lipinski definition) is 2. The van der Waals surface area contributed by atoms with Crippen molar-refractivity contribution in [1.82, 2.24) is 0 Å². The Hall–Kier alpha value is -2.35. The molecule has 0 radical (unpaired) electrons. The van der Waals surface area contributed by atoms with Gasteiger partial charge in [0, 0.05) is 13.2 Å². The second-order valence-electron chi connectivity index (χ2n) is 3.24. The Morgan fingerprint density at radius 2 is 2.11 bits per heavy atom. The molecule has 8 nitrogen and oxygen atoms in total. The maximum Gasteiger partial charge on any atom is 0.342 e. The smallest absolute Gasteiger partial charge is 0.342 e. The van der Waals surface area contributed by atoms with Crippen LogP contribution in [0.3, 0.4) is 0 Å². The van der Waals surface area contributed by atoms with E-state index in [9.17, 15) is 20.0 Å². The Balaban J connectivity index is 3.11. The lowest BCUT2D eigenvalue weighted by Crippen LogP contribution is -2.07. The summed E-state index contributed by atoms with van der Waals surface area (Å²) in [6.07, 6.45) is 0. The lowest BCUT2D eigenvalue weighted by atomic mass is 10.1. The van der Waals surface area contributed by atoms with E-state index in [4.69, 9.17) is 14.6 Å². The number of phenols is 1. The van der Waals surface area contributed by atoms with Crippen LogP contribution in [0.2, 0.25) is 0 Å². The van der Waals surface area contributed by atoms with Gasteiger partial charge in [-0.25, -0.2) is 4.79 Å². The molecule has 1 aromatic rings. The van der Waals surface area contributed by atoms with Crippen molar-refractivity contribution >= 4 is 11.7 Å². The summed E-state index contributed by atoms with van der Waals surface area (Å²) in [6.45, 7) is 0.307. The zero-order valence-corrected chi connectivity index (χ0v) is 9.45. The van der Waals surface area contributed by atoms with E-state index in [2.05, 4.69) is 0 Å². The predicted octanol–water partition coefficient (Wildman–Crippen LogP) is 1.02. The predicted molar refractivity (Wildman–Crippen MR) is 59.1 cm³/mol. The van der Waals surface area contributed by atoms with Crippen molar-refractivity contribution in [1.29, 1.82) is 0 Å². The molecule has 0 spiro atoms. The van der Waals surface area contributed by atoms with E-state index in [0.717, 1.165) is 12.1 Å². The highest BCUT2D eigenvalue weighted by Crippen LogP contribution is 2.33. The third-order valence-corrected chi connectivity index (χ3v) is 2.05. The first kappa shape index (κ1) is 13.7. The fraction of sp³-hybridized carbons (Fsp3) is 0.300. The fourth-order valence-electron chi connectivity index (χ4n) is 1.23. The highest BCUT2D eigenvalue weighted by Gasteiger charge is 2.23. The zero-order valence-electron chi connectivity index (χ0n) is 9.45.